The topological polar surface area (TPSA) is 72.5 Å². The summed E-state index contributed by atoms with van der Waals surface area (Å²) in [7, 11) is 1.10. The SMILES string of the molecule is COc1ccc([C@H](N)C(=O)O)cc1C(F)(F)F. The number of halogens is 3. The molecule has 0 bridgehead atoms. The average Bonchev–Trinajstić information content (AvgIpc) is 2.25. The molecule has 4 nitrogen and oxygen atoms in total. The molecule has 17 heavy (non-hydrogen) atoms. The zero-order chi connectivity index (χ0) is 13.2. The molecule has 0 aliphatic heterocycles. The maximum Gasteiger partial charge on any atom is 0.419 e. The number of ether oxygens (including phenoxy) is 1. The highest BCUT2D eigenvalue weighted by Crippen LogP contribution is 2.37. The molecule has 1 aromatic rings. The second-order valence-electron chi connectivity index (χ2n) is 3.27. The molecule has 0 spiro atoms. The van der Waals surface area contributed by atoms with Crippen LogP contribution in [0.4, 0.5) is 13.2 Å². The predicted molar refractivity (Wildman–Crippen MR) is 52.6 cm³/mol. The van der Waals surface area contributed by atoms with Crippen molar-refractivity contribution in [2.45, 2.75) is 12.2 Å². The van der Waals surface area contributed by atoms with E-state index in [1.54, 1.807) is 0 Å². The smallest absolute Gasteiger partial charge is 0.419 e. The first kappa shape index (κ1) is 13.3. The van der Waals surface area contributed by atoms with Crippen molar-refractivity contribution in [2.24, 2.45) is 5.73 Å². The van der Waals surface area contributed by atoms with E-state index >= 15 is 0 Å². The fourth-order valence-electron chi connectivity index (χ4n) is 1.28. The number of carbonyl (C=O) groups is 1. The summed E-state index contributed by atoms with van der Waals surface area (Å²) < 4.78 is 42.4. The van der Waals surface area contributed by atoms with Crippen molar-refractivity contribution in [1.29, 1.82) is 0 Å². The largest absolute Gasteiger partial charge is 0.496 e. The second kappa shape index (κ2) is 4.62. The van der Waals surface area contributed by atoms with Crippen LogP contribution in [0.25, 0.3) is 0 Å². The molecule has 0 saturated heterocycles. The van der Waals surface area contributed by atoms with E-state index in [1.807, 2.05) is 0 Å². The summed E-state index contributed by atoms with van der Waals surface area (Å²) in [6.07, 6.45) is -4.63. The Labute approximate surface area is 94.8 Å². The third-order valence-electron chi connectivity index (χ3n) is 2.15. The highest BCUT2D eigenvalue weighted by molar-refractivity contribution is 5.75. The molecule has 1 atom stereocenters. The lowest BCUT2D eigenvalue weighted by Gasteiger charge is -2.14. The minimum atomic E-state index is -4.63. The Bertz CT molecular complexity index is 431. The van der Waals surface area contributed by atoms with Crippen LogP contribution >= 0.6 is 0 Å². The van der Waals surface area contributed by atoms with Crippen molar-refractivity contribution >= 4 is 5.97 Å². The van der Waals surface area contributed by atoms with Crippen LogP contribution in [0.5, 0.6) is 5.75 Å². The van der Waals surface area contributed by atoms with E-state index in [0.29, 0.717) is 6.07 Å². The molecule has 0 heterocycles. The van der Waals surface area contributed by atoms with Gasteiger partial charge in [0.25, 0.3) is 0 Å². The molecular formula is C10H10F3NO3. The van der Waals surface area contributed by atoms with E-state index in [4.69, 9.17) is 10.8 Å². The molecule has 94 valence electrons. The van der Waals surface area contributed by atoms with Crippen LogP contribution in [0.2, 0.25) is 0 Å². The molecule has 0 radical (unpaired) electrons. The van der Waals surface area contributed by atoms with Crippen LogP contribution in [-0.2, 0) is 11.0 Å². The molecule has 0 aromatic heterocycles. The maximum absolute atomic E-state index is 12.6. The lowest BCUT2D eigenvalue weighted by molar-refractivity contribution is -0.140. The van der Waals surface area contributed by atoms with Gasteiger partial charge in [-0.25, -0.2) is 0 Å². The Morgan fingerprint density at radius 3 is 2.47 bits per heavy atom. The maximum atomic E-state index is 12.6. The van der Waals surface area contributed by atoms with Crippen molar-refractivity contribution in [3.8, 4) is 5.75 Å². The number of nitrogens with two attached hydrogens (primary N) is 1. The zero-order valence-corrected chi connectivity index (χ0v) is 8.78. The van der Waals surface area contributed by atoms with E-state index in [2.05, 4.69) is 4.74 Å². The number of methoxy groups -OCH3 is 1. The molecule has 0 saturated carbocycles. The highest BCUT2D eigenvalue weighted by Gasteiger charge is 2.35. The van der Waals surface area contributed by atoms with Crippen LogP contribution in [-0.4, -0.2) is 18.2 Å². The molecule has 7 heteroatoms. The summed E-state index contributed by atoms with van der Waals surface area (Å²) >= 11 is 0. The van der Waals surface area contributed by atoms with Crippen molar-refractivity contribution in [1.82, 2.24) is 0 Å². The van der Waals surface area contributed by atoms with Gasteiger partial charge in [-0.3, -0.25) is 4.79 Å². The van der Waals surface area contributed by atoms with Crippen molar-refractivity contribution in [3.63, 3.8) is 0 Å². The van der Waals surface area contributed by atoms with E-state index in [0.717, 1.165) is 13.2 Å². The quantitative estimate of drug-likeness (QED) is 0.856. The number of rotatable bonds is 3. The number of aliphatic carboxylic acids is 1. The molecule has 0 amide bonds. The standard InChI is InChI=1S/C10H10F3NO3/c1-17-7-3-2-5(8(14)9(15)16)4-6(7)10(11,12)13/h2-4,8H,14H2,1H3,(H,15,16)/t8-/m0/s1. The second-order valence-corrected chi connectivity index (χ2v) is 3.27. The first-order valence-electron chi connectivity index (χ1n) is 4.51. The fraction of sp³-hybridized carbons (Fsp3) is 0.300. The summed E-state index contributed by atoms with van der Waals surface area (Å²) in [6, 6.07) is 1.41. The highest BCUT2D eigenvalue weighted by atomic mass is 19.4. The lowest BCUT2D eigenvalue weighted by Crippen LogP contribution is -2.21. The molecule has 1 rings (SSSR count). The van der Waals surface area contributed by atoms with Crippen LogP contribution in [0.3, 0.4) is 0 Å². The van der Waals surface area contributed by atoms with Crippen LogP contribution < -0.4 is 10.5 Å². The van der Waals surface area contributed by atoms with Gasteiger partial charge < -0.3 is 15.6 Å². The van der Waals surface area contributed by atoms with Gasteiger partial charge in [-0.05, 0) is 17.7 Å². The van der Waals surface area contributed by atoms with Crippen molar-refractivity contribution < 1.29 is 27.8 Å². The number of hydrogen-bond acceptors (Lipinski definition) is 3. The first-order chi connectivity index (χ1) is 7.77. The molecule has 0 unspecified atom stereocenters. The Morgan fingerprint density at radius 1 is 1.47 bits per heavy atom. The van der Waals surface area contributed by atoms with Gasteiger partial charge in [0.05, 0.1) is 12.7 Å². The van der Waals surface area contributed by atoms with Crippen LogP contribution in [0, 0.1) is 0 Å². The Kier molecular flexibility index (Phi) is 3.62. The Morgan fingerprint density at radius 2 is 2.06 bits per heavy atom. The summed E-state index contributed by atoms with van der Waals surface area (Å²) in [6.45, 7) is 0. The van der Waals surface area contributed by atoms with Gasteiger partial charge in [0.1, 0.15) is 11.8 Å². The van der Waals surface area contributed by atoms with E-state index in [9.17, 15) is 18.0 Å². The minimum absolute atomic E-state index is 0.134. The summed E-state index contributed by atoms with van der Waals surface area (Å²) in [5.74, 6) is -1.78. The Hall–Kier alpha value is -1.76. The number of benzene rings is 1. The molecule has 3 N–H and O–H groups in total. The van der Waals surface area contributed by atoms with Gasteiger partial charge in [0.15, 0.2) is 0 Å². The molecule has 0 fully saturated rings. The van der Waals surface area contributed by atoms with Crippen molar-refractivity contribution in [3.05, 3.63) is 29.3 Å². The predicted octanol–water partition coefficient (Wildman–Crippen LogP) is 1.80. The van der Waals surface area contributed by atoms with E-state index in [-0.39, 0.29) is 11.3 Å². The fourth-order valence-corrected chi connectivity index (χ4v) is 1.28. The van der Waals surface area contributed by atoms with Gasteiger partial charge in [0, 0.05) is 0 Å². The number of carboxylic acid groups (broad SMARTS) is 1. The first-order valence-corrected chi connectivity index (χ1v) is 4.51. The average molecular weight is 249 g/mol. The van der Waals surface area contributed by atoms with Crippen LogP contribution in [0.1, 0.15) is 17.2 Å². The summed E-state index contributed by atoms with van der Waals surface area (Å²) in [5.41, 5.74) is 4.05. The third kappa shape index (κ3) is 2.88. The van der Waals surface area contributed by atoms with Gasteiger partial charge in [-0.1, -0.05) is 6.07 Å². The van der Waals surface area contributed by atoms with Crippen molar-refractivity contribution in [2.75, 3.05) is 7.11 Å². The van der Waals surface area contributed by atoms with Gasteiger partial charge in [0.2, 0.25) is 0 Å². The number of alkyl halides is 3. The molecule has 0 aliphatic carbocycles. The number of hydrogen-bond donors (Lipinski definition) is 2. The minimum Gasteiger partial charge on any atom is -0.496 e. The van der Waals surface area contributed by atoms with Gasteiger partial charge in [-0.15, -0.1) is 0 Å². The monoisotopic (exact) mass is 249 g/mol. The number of carboxylic acids is 1. The van der Waals surface area contributed by atoms with Gasteiger partial charge >= 0.3 is 12.1 Å². The molecular weight excluding hydrogens is 239 g/mol. The van der Waals surface area contributed by atoms with E-state index in [1.165, 1.54) is 6.07 Å². The molecule has 1 aromatic carbocycles. The normalized spacial score (nSPS) is 13.2. The van der Waals surface area contributed by atoms with Crippen LogP contribution in [0.15, 0.2) is 18.2 Å². The lowest BCUT2D eigenvalue weighted by atomic mass is 10.0. The zero-order valence-electron chi connectivity index (χ0n) is 8.78. The third-order valence-corrected chi connectivity index (χ3v) is 2.15. The Balaban J connectivity index is 3.27. The van der Waals surface area contributed by atoms with Gasteiger partial charge in [-0.2, -0.15) is 13.2 Å². The summed E-state index contributed by atoms with van der Waals surface area (Å²) in [4.78, 5) is 10.6. The summed E-state index contributed by atoms with van der Waals surface area (Å²) in [5, 5.41) is 8.62. The van der Waals surface area contributed by atoms with E-state index < -0.39 is 23.8 Å². The molecule has 0 aliphatic rings.